The van der Waals surface area contributed by atoms with Gasteiger partial charge in [-0.3, -0.25) is 0 Å². The van der Waals surface area contributed by atoms with Crippen LogP contribution in [0.1, 0.15) is 17.4 Å². The van der Waals surface area contributed by atoms with E-state index in [1.165, 1.54) is 0 Å². The standard InChI is InChI=1S/C46H31N3OS/c1-3-13-36-37-19-12-20-39(43(37)51-42(36)4-2)46-48-44(47-45(49-46)38-18-9-8-16-33(38)30-14-6-5-7-15-30)31-24-22-29(23-25-31)32-26-27-35-34-17-10-11-21-40(34)50-41(35)28-32/h3-28H,2H2,1H3/b13-3-. The highest BCUT2D eigenvalue weighted by atomic mass is 32.1. The number of fused-ring (bicyclic) bond motifs is 4. The monoisotopic (exact) mass is 673 g/mol. The van der Waals surface area contributed by atoms with Gasteiger partial charge in [0.1, 0.15) is 11.2 Å². The van der Waals surface area contributed by atoms with Gasteiger partial charge in [0.05, 0.1) is 0 Å². The average molecular weight is 674 g/mol. The fraction of sp³-hybridized carbons (Fsp3) is 0.0217. The summed E-state index contributed by atoms with van der Waals surface area (Å²) in [4.78, 5) is 16.6. The molecule has 5 heteroatoms. The van der Waals surface area contributed by atoms with Crippen molar-refractivity contribution in [3.63, 3.8) is 0 Å². The molecule has 0 aliphatic carbocycles. The molecule has 0 bridgehead atoms. The van der Waals surface area contributed by atoms with Crippen molar-refractivity contribution in [3.8, 4) is 56.4 Å². The van der Waals surface area contributed by atoms with Crippen molar-refractivity contribution in [1.29, 1.82) is 0 Å². The van der Waals surface area contributed by atoms with Crippen molar-refractivity contribution in [2.75, 3.05) is 0 Å². The van der Waals surface area contributed by atoms with Crippen LogP contribution in [0, 0.1) is 0 Å². The maximum Gasteiger partial charge on any atom is 0.165 e. The second-order valence-corrected chi connectivity index (χ2v) is 13.4. The first-order valence-corrected chi connectivity index (χ1v) is 17.7. The van der Waals surface area contributed by atoms with Crippen molar-refractivity contribution in [3.05, 3.63) is 163 Å². The molecule has 0 saturated carbocycles. The second kappa shape index (κ2) is 12.8. The normalized spacial score (nSPS) is 11.6. The summed E-state index contributed by atoms with van der Waals surface area (Å²) in [6, 6.07) is 48.1. The number of nitrogens with zero attached hydrogens (tertiary/aromatic N) is 3. The molecule has 51 heavy (non-hydrogen) atoms. The molecule has 0 saturated heterocycles. The first-order valence-electron chi connectivity index (χ1n) is 16.9. The van der Waals surface area contributed by atoms with E-state index in [0.29, 0.717) is 17.5 Å². The van der Waals surface area contributed by atoms with E-state index in [0.717, 1.165) is 81.4 Å². The Balaban J connectivity index is 1.20. The van der Waals surface area contributed by atoms with E-state index in [1.807, 2.05) is 43.3 Å². The Morgan fingerprint density at radius 3 is 1.96 bits per heavy atom. The van der Waals surface area contributed by atoms with E-state index in [1.54, 1.807) is 11.3 Å². The van der Waals surface area contributed by atoms with Gasteiger partial charge in [-0.2, -0.15) is 0 Å². The Hall–Kier alpha value is -6.43. The quantitative estimate of drug-likeness (QED) is 0.169. The van der Waals surface area contributed by atoms with Crippen LogP contribution < -0.4 is 0 Å². The largest absolute Gasteiger partial charge is 0.456 e. The summed E-state index contributed by atoms with van der Waals surface area (Å²) in [7, 11) is 0. The molecule has 6 aromatic carbocycles. The van der Waals surface area contributed by atoms with Crippen molar-refractivity contribution in [1.82, 2.24) is 15.0 Å². The first-order chi connectivity index (χ1) is 25.2. The number of hydrogen-bond acceptors (Lipinski definition) is 5. The lowest BCUT2D eigenvalue weighted by Crippen LogP contribution is -2.01. The molecule has 0 aliphatic rings. The topological polar surface area (TPSA) is 51.8 Å². The summed E-state index contributed by atoms with van der Waals surface area (Å²) < 4.78 is 7.31. The zero-order valence-corrected chi connectivity index (χ0v) is 28.7. The first kappa shape index (κ1) is 30.6. The zero-order chi connectivity index (χ0) is 34.3. The third-order valence-electron chi connectivity index (χ3n) is 9.29. The molecular formula is C46H31N3OS. The summed E-state index contributed by atoms with van der Waals surface area (Å²) in [6.45, 7) is 6.14. The Labute approximate surface area is 299 Å². The SMILES string of the molecule is C=Cc1sc2c(-c3nc(-c4ccc(-c5ccc6c(c5)oc5ccccc56)cc4)nc(-c4ccccc4-c4ccccc4)n3)cccc2c1/C=C\C. The molecule has 242 valence electrons. The molecule has 9 rings (SSSR count). The molecule has 3 heterocycles. The van der Waals surface area contributed by atoms with Crippen molar-refractivity contribution < 1.29 is 4.42 Å². The number of aromatic nitrogens is 3. The van der Waals surface area contributed by atoms with Gasteiger partial charge in [-0.05, 0) is 59.0 Å². The van der Waals surface area contributed by atoms with Gasteiger partial charge in [0, 0.05) is 42.4 Å². The summed E-state index contributed by atoms with van der Waals surface area (Å²) in [5.74, 6) is 1.87. The van der Waals surface area contributed by atoms with Gasteiger partial charge in [-0.1, -0.05) is 140 Å². The van der Waals surface area contributed by atoms with Crippen LogP contribution in [0.3, 0.4) is 0 Å². The van der Waals surface area contributed by atoms with Gasteiger partial charge in [0.25, 0.3) is 0 Å². The highest BCUT2D eigenvalue weighted by molar-refractivity contribution is 7.20. The van der Waals surface area contributed by atoms with Crippen molar-refractivity contribution in [2.45, 2.75) is 6.92 Å². The van der Waals surface area contributed by atoms with E-state index >= 15 is 0 Å². The van der Waals surface area contributed by atoms with Gasteiger partial charge < -0.3 is 4.42 Å². The lowest BCUT2D eigenvalue weighted by atomic mass is 9.99. The Bertz CT molecular complexity index is 2770. The molecule has 0 amide bonds. The van der Waals surface area contributed by atoms with Gasteiger partial charge >= 0.3 is 0 Å². The third-order valence-corrected chi connectivity index (χ3v) is 10.5. The minimum atomic E-state index is 0.614. The highest BCUT2D eigenvalue weighted by Crippen LogP contribution is 2.40. The van der Waals surface area contributed by atoms with Crippen LogP contribution in [0.5, 0.6) is 0 Å². The number of hydrogen-bond donors (Lipinski definition) is 0. The molecule has 9 aromatic rings. The van der Waals surface area contributed by atoms with Crippen LogP contribution in [-0.4, -0.2) is 15.0 Å². The van der Waals surface area contributed by atoms with Crippen LogP contribution in [-0.2, 0) is 0 Å². The third kappa shape index (κ3) is 5.45. The lowest BCUT2D eigenvalue weighted by Gasteiger charge is -2.12. The molecule has 0 radical (unpaired) electrons. The molecule has 0 N–H and O–H groups in total. The van der Waals surface area contributed by atoms with Gasteiger partial charge in [-0.15, -0.1) is 11.3 Å². The van der Waals surface area contributed by atoms with E-state index < -0.39 is 0 Å². The van der Waals surface area contributed by atoms with Crippen LogP contribution in [0.4, 0.5) is 0 Å². The minimum Gasteiger partial charge on any atom is -0.456 e. The van der Waals surface area contributed by atoms with E-state index in [9.17, 15) is 0 Å². The van der Waals surface area contributed by atoms with Gasteiger partial charge in [0.15, 0.2) is 17.5 Å². The lowest BCUT2D eigenvalue weighted by molar-refractivity contribution is 0.669. The molecule has 0 aliphatic heterocycles. The van der Waals surface area contributed by atoms with E-state index in [2.05, 4.69) is 128 Å². The maximum atomic E-state index is 6.18. The predicted molar refractivity (Wildman–Crippen MR) is 214 cm³/mol. The molecule has 0 fully saturated rings. The summed E-state index contributed by atoms with van der Waals surface area (Å²) in [5.41, 5.74) is 10.1. The van der Waals surface area contributed by atoms with E-state index in [4.69, 9.17) is 19.4 Å². The second-order valence-electron chi connectivity index (χ2n) is 12.4. The number of thiophene rings is 1. The number of allylic oxidation sites excluding steroid dienone is 1. The Kier molecular flexibility index (Phi) is 7.68. The van der Waals surface area contributed by atoms with Crippen LogP contribution in [0.15, 0.2) is 157 Å². The van der Waals surface area contributed by atoms with E-state index in [-0.39, 0.29) is 0 Å². The summed E-state index contributed by atoms with van der Waals surface area (Å²) in [6.07, 6.45) is 6.14. The molecule has 4 nitrogen and oxygen atoms in total. The smallest absolute Gasteiger partial charge is 0.165 e. The molecule has 0 spiro atoms. The fourth-order valence-electron chi connectivity index (χ4n) is 6.83. The van der Waals surface area contributed by atoms with Crippen molar-refractivity contribution >= 4 is 55.5 Å². The predicted octanol–water partition coefficient (Wildman–Crippen LogP) is 13.0. The van der Waals surface area contributed by atoms with Crippen LogP contribution >= 0.6 is 11.3 Å². The van der Waals surface area contributed by atoms with Crippen LogP contribution in [0.25, 0.3) is 101 Å². The van der Waals surface area contributed by atoms with Crippen molar-refractivity contribution in [2.24, 2.45) is 0 Å². The maximum absolute atomic E-state index is 6.18. The Morgan fingerprint density at radius 1 is 0.529 bits per heavy atom. The van der Waals surface area contributed by atoms with Crippen LogP contribution in [0.2, 0.25) is 0 Å². The number of rotatable bonds is 7. The number of para-hydroxylation sites is 1. The molecule has 3 aromatic heterocycles. The number of furan rings is 1. The summed E-state index contributed by atoms with van der Waals surface area (Å²) in [5, 5.41) is 3.40. The number of benzene rings is 6. The average Bonchev–Trinajstić information content (AvgIpc) is 3.76. The molecule has 0 atom stereocenters. The van der Waals surface area contributed by atoms with Gasteiger partial charge in [0.2, 0.25) is 0 Å². The molecule has 0 unspecified atom stereocenters. The molecular weight excluding hydrogens is 643 g/mol. The highest BCUT2D eigenvalue weighted by Gasteiger charge is 2.19. The summed E-state index contributed by atoms with van der Waals surface area (Å²) >= 11 is 1.71. The fourth-order valence-corrected chi connectivity index (χ4v) is 7.98. The zero-order valence-electron chi connectivity index (χ0n) is 27.9. The van der Waals surface area contributed by atoms with Gasteiger partial charge in [-0.25, -0.2) is 15.0 Å². The Morgan fingerprint density at radius 2 is 1.16 bits per heavy atom. The minimum absolute atomic E-state index is 0.614.